The van der Waals surface area contributed by atoms with Gasteiger partial charge in [-0.3, -0.25) is 0 Å². The quantitative estimate of drug-likeness (QED) is 0.189. The van der Waals surface area contributed by atoms with Gasteiger partial charge in [-0.1, -0.05) is 107 Å². The van der Waals surface area contributed by atoms with Gasteiger partial charge in [-0.15, -0.1) is 0 Å². The highest BCUT2D eigenvalue weighted by atomic mass is 15.1. The average molecular weight is 638 g/mol. The molecule has 4 fully saturated rings. The highest BCUT2D eigenvalue weighted by Gasteiger charge is 2.84. The van der Waals surface area contributed by atoms with Gasteiger partial charge in [-0.25, -0.2) is 0 Å². The summed E-state index contributed by atoms with van der Waals surface area (Å²) >= 11 is 0. The van der Waals surface area contributed by atoms with Gasteiger partial charge >= 0.3 is 0 Å². The van der Waals surface area contributed by atoms with Crippen molar-refractivity contribution >= 4 is 17.1 Å². The molecule has 0 aromatic heterocycles. The van der Waals surface area contributed by atoms with Crippen molar-refractivity contribution in [2.24, 2.45) is 29.1 Å². The Morgan fingerprint density at radius 2 is 1.20 bits per heavy atom. The molecule has 0 radical (unpaired) electrons. The molecule has 0 saturated heterocycles. The molecule has 0 aliphatic heterocycles. The Morgan fingerprint density at radius 3 is 1.98 bits per heavy atom. The lowest BCUT2D eigenvalue weighted by molar-refractivity contribution is -0.231. The first-order chi connectivity index (χ1) is 23.7. The Hall–Kier alpha value is -4.10. The largest absolute Gasteiger partial charge is 0.310 e. The molecule has 0 heterocycles. The number of fused-ring (bicyclic) bond motifs is 9. The fourth-order valence-electron chi connectivity index (χ4n) is 13.1. The van der Waals surface area contributed by atoms with E-state index < -0.39 is 0 Å². The summed E-state index contributed by atoms with van der Waals surface area (Å²) in [6, 6.07) is 44.7. The molecule has 4 saturated carbocycles. The number of rotatable bonds is 4. The molecule has 1 nitrogen and oxygen atoms in total. The minimum absolute atomic E-state index is 0.140. The molecule has 6 unspecified atom stereocenters. The molecule has 6 atom stereocenters. The Balaban J connectivity index is 1.19. The van der Waals surface area contributed by atoms with Crippen LogP contribution in [0.2, 0.25) is 0 Å². The second-order valence-electron chi connectivity index (χ2n) is 18.1. The number of hydrogen-bond donors (Lipinski definition) is 0. The molecule has 6 aliphatic carbocycles. The van der Waals surface area contributed by atoms with Gasteiger partial charge < -0.3 is 4.90 Å². The van der Waals surface area contributed by atoms with Gasteiger partial charge in [0.05, 0.1) is 0 Å². The zero-order valence-electron chi connectivity index (χ0n) is 29.5. The molecular formula is C48H47N. The van der Waals surface area contributed by atoms with E-state index >= 15 is 0 Å². The molecular weight excluding hydrogens is 591 g/mol. The Labute approximate surface area is 292 Å². The molecule has 2 bridgehead atoms. The summed E-state index contributed by atoms with van der Waals surface area (Å²) in [5, 5.41) is 0. The van der Waals surface area contributed by atoms with Crippen LogP contribution in [0.3, 0.4) is 0 Å². The predicted molar refractivity (Wildman–Crippen MR) is 203 cm³/mol. The predicted octanol–water partition coefficient (Wildman–Crippen LogP) is 12.5. The van der Waals surface area contributed by atoms with Gasteiger partial charge in [-0.2, -0.15) is 0 Å². The summed E-state index contributed by atoms with van der Waals surface area (Å²) in [7, 11) is 0. The maximum atomic E-state index is 2.68. The van der Waals surface area contributed by atoms with E-state index in [-0.39, 0.29) is 16.2 Å². The van der Waals surface area contributed by atoms with Crippen LogP contribution in [0.5, 0.6) is 0 Å². The third-order valence-corrected chi connectivity index (χ3v) is 15.2. The summed E-state index contributed by atoms with van der Waals surface area (Å²) in [6.07, 6.45) is 8.28. The van der Waals surface area contributed by atoms with E-state index in [1.54, 1.807) is 11.1 Å². The molecule has 1 heteroatoms. The number of hydrogen-bond acceptors (Lipinski definition) is 1. The standard InChI is InChI=1S/C48H47N/c1-45(2)21-22-46(3,4)40-27-34(19-20-39(40)45)49(33-15-9-6-10-16-33)35-26-37(31-13-7-5-8-14-31)44-36-17-11-12-18-38(36)48(41(44)28-35)42-24-30-23-32-25-43(48)47(32,42)29-30/h5-20,26-28,30,32,42-43H,21-25,29H2,1-4H3. The maximum absolute atomic E-state index is 2.68. The van der Waals surface area contributed by atoms with Gasteiger partial charge in [0.1, 0.15) is 0 Å². The van der Waals surface area contributed by atoms with Gasteiger partial charge in [0.15, 0.2) is 0 Å². The Morgan fingerprint density at radius 1 is 0.531 bits per heavy atom. The monoisotopic (exact) mass is 637 g/mol. The van der Waals surface area contributed by atoms with Crippen LogP contribution in [-0.4, -0.2) is 0 Å². The van der Waals surface area contributed by atoms with Crippen molar-refractivity contribution in [2.75, 3.05) is 4.90 Å². The second kappa shape index (κ2) is 9.36. The van der Waals surface area contributed by atoms with Gasteiger partial charge in [0, 0.05) is 22.5 Å². The fraction of sp³-hybridized carbons (Fsp3) is 0.375. The highest BCUT2D eigenvalue weighted by Crippen LogP contribution is 2.90. The second-order valence-corrected chi connectivity index (χ2v) is 18.1. The minimum atomic E-state index is 0.140. The lowest BCUT2D eigenvalue weighted by Crippen LogP contribution is -2.73. The lowest BCUT2D eigenvalue weighted by atomic mass is 9.27. The summed E-state index contributed by atoms with van der Waals surface area (Å²) < 4.78 is 0. The number of anilines is 3. The number of nitrogens with zero attached hydrogens (tertiary/aromatic N) is 1. The molecule has 5 aromatic rings. The van der Waals surface area contributed by atoms with E-state index in [2.05, 4.69) is 148 Å². The smallest absolute Gasteiger partial charge is 0.0471 e. The topological polar surface area (TPSA) is 3.24 Å². The first-order valence-electron chi connectivity index (χ1n) is 19.1. The van der Waals surface area contributed by atoms with Crippen molar-refractivity contribution in [1.29, 1.82) is 0 Å². The Kier molecular flexibility index (Phi) is 5.49. The minimum Gasteiger partial charge on any atom is -0.310 e. The van der Waals surface area contributed by atoms with E-state index in [4.69, 9.17) is 0 Å². The van der Waals surface area contributed by atoms with Crippen molar-refractivity contribution in [3.63, 3.8) is 0 Å². The normalized spacial score (nSPS) is 31.3. The van der Waals surface area contributed by atoms with Crippen LogP contribution in [0.1, 0.15) is 88.5 Å². The van der Waals surface area contributed by atoms with Crippen LogP contribution < -0.4 is 4.90 Å². The van der Waals surface area contributed by atoms with E-state index in [1.165, 1.54) is 89.0 Å². The van der Waals surface area contributed by atoms with Gasteiger partial charge in [0.2, 0.25) is 0 Å². The van der Waals surface area contributed by atoms with Crippen molar-refractivity contribution < 1.29 is 0 Å². The summed E-state index contributed by atoms with van der Waals surface area (Å²) in [6.45, 7) is 9.78. The molecule has 0 amide bonds. The van der Waals surface area contributed by atoms with E-state index in [1.807, 2.05) is 0 Å². The van der Waals surface area contributed by atoms with Crippen LogP contribution in [0.15, 0.2) is 115 Å². The highest BCUT2D eigenvalue weighted by molar-refractivity contribution is 5.97. The molecule has 5 aromatic carbocycles. The van der Waals surface area contributed by atoms with Crippen molar-refractivity contribution in [3.05, 3.63) is 138 Å². The lowest BCUT2D eigenvalue weighted by Gasteiger charge is -2.76. The third kappa shape index (κ3) is 3.43. The summed E-state index contributed by atoms with van der Waals surface area (Å²) in [5.41, 5.74) is 16.9. The van der Waals surface area contributed by atoms with E-state index in [9.17, 15) is 0 Å². The molecule has 11 rings (SSSR count). The number of benzene rings is 5. The van der Waals surface area contributed by atoms with Crippen molar-refractivity contribution in [3.8, 4) is 22.3 Å². The molecule has 2 spiro atoms. The molecule has 244 valence electrons. The molecule has 49 heavy (non-hydrogen) atoms. The van der Waals surface area contributed by atoms with Crippen LogP contribution in [-0.2, 0) is 16.2 Å². The third-order valence-electron chi connectivity index (χ3n) is 15.2. The fourth-order valence-corrected chi connectivity index (χ4v) is 13.1. The van der Waals surface area contributed by atoms with Crippen LogP contribution in [0, 0.1) is 29.1 Å². The van der Waals surface area contributed by atoms with Crippen molar-refractivity contribution in [1.82, 2.24) is 0 Å². The average Bonchev–Trinajstić information content (AvgIpc) is 3.75. The Bertz CT molecular complexity index is 2170. The van der Waals surface area contributed by atoms with E-state index in [0.29, 0.717) is 5.41 Å². The van der Waals surface area contributed by atoms with Gasteiger partial charge in [0.25, 0.3) is 0 Å². The molecule has 0 N–H and O–H groups in total. The number of para-hydroxylation sites is 1. The van der Waals surface area contributed by atoms with Crippen LogP contribution in [0.4, 0.5) is 17.1 Å². The van der Waals surface area contributed by atoms with Gasteiger partial charge in [-0.05, 0) is 159 Å². The van der Waals surface area contributed by atoms with Crippen molar-refractivity contribution in [2.45, 2.75) is 82.5 Å². The van der Waals surface area contributed by atoms with E-state index in [0.717, 1.165) is 23.7 Å². The maximum Gasteiger partial charge on any atom is 0.0471 e. The SMILES string of the molecule is CC1(C)CCC(C)(C)c2cc(N(c3ccccc3)c3cc(-c4ccccc4)c4c(c3)C3(c5ccccc5-4)C4CC5CC6CC3C64C5)ccc21. The van der Waals surface area contributed by atoms with Crippen LogP contribution >= 0.6 is 0 Å². The zero-order valence-corrected chi connectivity index (χ0v) is 29.5. The zero-order chi connectivity index (χ0) is 32.9. The first-order valence-corrected chi connectivity index (χ1v) is 19.1. The van der Waals surface area contributed by atoms with Crippen LogP contribution in [0.25, 0.3) is 22.3 Å². The first kappa shape index (κ1) is 28.7. The summed E-state index contributed by atoms with van der Waals surface area (Å²) in [5.74, 6) is 3.47. The summed E-state index contributed by atoms with van der Waals surface area (Å²) in [4.78, 5) is 2.58. The molecule has 6 aliphatic rings.